The summed E-state index contributed by atoms with van der Waals surface area (Å²) in [5.74, 6) is 0.142. The highest BCUT2D eigenvalue weighted by molar-refractivity contribution is 6.30. The number of para-hydroxylation sites is 1. The van der Waals surface area contributed by atoms with Gasteiger partial charge in [-0.25, -0.2) is 4.99 Å². The maximum Gasteiger partial charge on any atom is 0.176 e. The molecule has 3 aromatic rings. The lowest BCUT2D eigenvalue weighted by molar-refractivity contribution is 0.159. The quantitative estimate of drug-likeness (QED) is 0.749. The van der Waals surface area contributed by atoms with Crippen LogP contribution in [-0.2, 0) is 5.60 Å². The summed E-state index contributed by atoms with van der Waals surface area (Å²) >= 11 is 6.14. The summed E-state index contributed by atoms with van der Waals surface area (Å²) in [6, 6.07) is 11.1. The van der Waals surface area contributed by atoms with E-state index in [1.807, 2.05) is 36.7 Å². The Balaban J connectivity index is 2.07. The SMILES string of the molecule is CC(C)n1ncc2cccc(C3(O)C(N)=Nc4ccc(Cl)cc43)c21. The van der Waals surface area contributed by atoms with E-state index in [1.165, 1.54) is 0 Å². The number of benzene rings is 2. The van der Waals surface area contributed by atoms with E-state index in [4.69, 9.17) is 17.3 Å². The van der Waals surface area contributed by atoms with Crippen LogP contribution in [0.4, 0.5) is 5.69 Å². The van der Waals surface area contributed by atoms with Gasteiger partial charge in [-0.1, -0.05) is 29.8 Å². The number of aliphatic hydroxyl groups is 1. The van der Waals surface area contributed by atoms with Crippen molar-refractivity contribution in [3.8, 4) is 0 Å². The molecular formula is C18H17ClN4O. The minimum atomic E-state index is -1.52. The third kappa shape index (κ3) is 1.92. The summed E-state index contributed by atoms with van der Waals surface area (Å²) in [5, 5.41) is 17.5. The molecule has 2 heterocycles. The van der Waals surface area contributed by atoms with Gasteiger partial charge in [0, 0.05) is 27.6 Å². The zero-order chi connectivity index (χ0) is 17.1. The number of nitrogens with two attached hydrogens (primary N) is 1. The molecule has 1 aromatic heterocycles. The Kier molecular flexibility index (Phi) is 3.20. The second kappa shape index (κ2) is 5.06. The van der Waals surface area contributed by atoms with E-state index in [-0.39, 0.29) is 11.9 Å². The predicted octanol–water partition coefficient (Wildman–Crippen LogP) is 3.51. The van der Waals surface area contributed by atoms with Crippen LogP contribution in [0, 0.1) is 0 Å². The van der Waals surface area contributed by atoms with Crippen LogP contribution in [0.15, 0.2) is 47.6 Å². The zero-order valence-electron chi connectivity index (χ0n) is 13.4. The predicted molar refractivity (Wildman–Crippen MR) is 95.9 cm³/mol. The van der Waals surface area contributed by atoms with Gasteiger partial charge in [0.05, 0.1) is 17.4 Å². The second-order valence-electron chi connectivity index (χ2n) is 6.30. The van der Waals surface area contributed by atoms with Crippen LogP contribution in [0.2, 0.25) is 5.02 Å². The minimum Gasteiger partial charge on any atom is -0.384 e. The molecule has 0 aliphatic carbocycles. The molecule has 2 aromatic carbocycles. The summed E-state index contributed by atoms with van der Waals surface area (Å²) in [7, 11) is 0. The van der Waals surface area contributed by atoms with Gasteiger partial charge in [0.2, 0.25) is 0 Å². The van der Waals surface area contributed by atoms with Gasteiger partial charge in [0.15, 0.2) is 5.60 Å². The van der Waals surface area contributed by atoms with Crippen LogP contribution in [0.1, 0.15) is 31.0 Å². The highest BCUT2D eigenvalue weighted by Gasteiger charge is 2.44. The number of hydrogen-bond donors (Lipinski definition) is 2. The van der Waals surface area contributed by atoms with Crippen LogP contribution < -0.4 is 5.73 Å². The number of amidine groups is 1. The van der Waals surface area contributed by atoms with Gasteiger partial charge in [0.1, 0.15) is 5.84 Å². The van der Waals surface area contributed by atoms with Crippen molar-refractivity contribution in [2.75, 3.05) is 0 Å². The third-order valence-corrected chi connectivity index (χ3v) is 4.69. The smallest absolute Gasteiger partial charge is 0.176 e. The fourth-order valence-electron chi connectivity index (χ4n) is 3.31. The average Bonchev–Trinajstić information content (AvgIpc) is 3.09. The number of hydrogen-bond acceptors (Lipinski definition) is 4. The van der Waals surface area contributed by atoms with E-state index in [0.29, 0.717) is 21.8 Å². The van der Waals surface area contributed by atoms with Gasteiger partial charge in [-0.15, -0.1) is 0 Å². The highest BCUT2D eigenvalue weighted by atomic mass is 35.5. The molecular weight excluding hydrogens is 324 g/mol. The first-order valence-electron chi connectivity index (χ1n) is 7.76. The van der Waals surface area contributed by atoms with Crippen molar-refractivity contribution in [2.45, 2.75) is 25.5 Å². The summed E-state index contributed by atoms with van der Waals surface area (Å²) < 4.78 is 1.89. The monoisotopic (exact) mass is 340 g/mol. The number of rotatable bonds is 2. The fraction of sp³-hybridized carbons (Fsp3) is 0.222. The molecule has 1 aliphatic rings. The maximum atomic E-state index is 11.6. The molecule has 0 saturated carbocycles. The van der Waals surface area contributed by atoms with E-state index in [0.717, 1.165) is 10.9 Å². The number of halogens is 1. The van der Waals surface area contributed by atoms with Gasteiger partial charge in [-0.05, 0) is 32.0 Å². The Morgan fingerprint density at radius 1 is 1.21 bits per heavy atom. The number of aromatic nitrogens is 2. The molecule has 24 heavy (non-hydrogen) atoms. The second-order valence-corrected chi connectivity index (χ2v) is 6.73. The number of aliphatic imine (C=N–C) groups is 1. The van der Waals surface area contributed by atoms with Crippen molar-refractivity contribution >= 4 is 34.0 Å². The van der Waals surface area contributed by atoms with Crippen LogP contribution in [-0.4, -0.2) is 20.7 Å². The molecule has 0 radical (unpaired) electrons. The largest absolute Gasteiger partial charge is 0.384 e. The molecule has 6 heteroatoms. The molecule has 5 nitrogen and oxygen atoms in total. The molecule has 0 bridgehead atoms. The lowest BCUT2D eigenvalue weighted by Gasteiger charge is -2.26. The van der Waals surface area contributed by atoms with Crippen molar-refractivity contribution in [1.82, 2.24) is 9.78 Å². The Labute approximate surface area is 144 Å². The summed E-state index contributed by atoms with van der Waals surface area (Å²) in [6.45, 7) is 4.09. The molecule has 1 aliphatic heterocycles. The third-order valence-electron chi connectivity index (χ3n) is 4.46. The summed E-state index contributed by atoms with van der Waals surface area (Å²) in [4.78, 5) is 4.34. The van der Waals surface area contributed by atoms with Crippen LogP contribution >= 0.6 is 11.6 Å². The molecule has 4 rings (SSSR count). The van der Waals surface area contributed by atoms with E-state index in [2.05, 4.69) is 10.1 Å². The summed E-state index contributed by atoms with van der Waals surface area (Å²) in [6.07, 6.45) is 1.80. The molecule has 0 saturated heterocycles. The van der Waals surface area contributed by atoms with Crippen molar-refractivity contribution in [3.05, 3.63) is 58.7 Å². The normalized spacial score (nSPS) is 19.8. The van der Waals surface area contributed by atoms with Crippen LogP contribution in [0.3, 0.4) is 0 Å². The molecule has 1 atom stereocenters. The molecule has 122 valence electrons. The molecule has 0 spiro atoms. The van der Waals surface area contributed by atoms with Gasteiger partial charge in [-0.3, -0.25) is 4.68 Å². The van der Waals surface area contributed by atoms with Crippen LogP contribution in [0.5, 0.6) is 0 Å². The number of nitrogens with zero attached hydrogens (tertiary/aromatic N) is 3. The van der Waals surface area contributed by atoms with E-state index in [1.54, 1.807) is 24.4 Å². The Hall–Kier alpha value is -2.37. The average molecular weight is 341 g/mol. The van der Waals surface area contributed by atoms with Gasteiger partial charge >= 0.3 is 0 Å². The van der Waals surface area contributed by atoms with Crippen molar-refractivity contribution < 1.29 is 5.11 Å². The van der Waals surface area contributed by atoms with Gasteiger partial charge in [0.25, 0.3) is 0 Å². The Bertz CT molecular complexity index is 992. The topological polar surface area (TPSA) is 76.4 Å². The van der Waals surface area contributed by atoms with Gasteiger partial charge < -0.3 is 10.8 Å². The van der Waals surface area contributed by atoms with Crippen molar-refractivity contribution in [2.24, 2.45) is 10.7 Å². The maximum absolute atomic E-state index is 11.6. The van der Waals surface area contributed by atoms with E-state index in [9.17, 15) is 5.11 Å². The highest BCUT2D eigenvalue weighted by Crippen LogP contribution is 2.45. The lowest BCUT2D eigenvalue weighted by atomic mass is 9.85. The van der Waals surface area contributed by atoms with E-state index < -0.39 is 5.60 Å². The summed E-state index contributed by atoms with van der Waals surface area (Å²) in [5.41, 5.74) is 7.37. The van der Waals surface area contributed by atoms with Crippen molar-refractivity contribution in [1.29, 1.82) is 0 Å². The van der Waals surface area contributed by atoms with Crippen LogP contribution in [0.25, 0.3) is 10.9 Å². The first-order valence-corrected chi connectivity index (χ1v) is 8.14. The van der Waals surface area contributed by atoms with E-state index >= 15 is 0 Å². The Morgan fingerprint density at radius 2 is 2.00 bits per heavy atom. The minimum absolute atomic E-state index is 0.142. The zero-order valence-corrected chi connectivity index (χ0v) is 14.1. The first-order chi connectivity index (χ1) is 11.4. The Morgan fingerprint density at radius 3 is 2.75 bits per heavy atom. The lowest BCUT2D eigenvalue weighted by Crippen LogP contribution is -2.40. The standard InChI is InChI=1S/C18H17ClN4O/c1-10(2)23-16-11(9-21-23)4-3-5-13(16)18(24)14-8-12(19)6-7-15(14)22-17(18)20/h3-10,24H,1-2H3,(H2,20,22). The molecule has 3 N–H and O–H groups in total. The number of fused-ring (bicyclic) bond motifs is 2. The molecule has 0 fully saturated rings. The molecule has 1 unspecified atom stereocenters. The fourth-order valence-corrected chi connectivity index (χ4v) is 3.49. The van der Waals surface area contributed by atoms with Crippen molar-refractivity contribution in [3.63, 3.8) is 0 Å². The first kappa shape index (κ1) is 15.2. The molecule has 0 amide bonds. The van der Waals surface area contributed by atoms with Gasteiger partial charge in [-0.2, -0.15) is 5.10 Å².